The highest BCUT2D eigenvalue weighted by atomic mass is 16.4. The number of hydrogen-bond acceptors (Lipinski definition) is 2. The number of carboxylic acid groups (broad SMARTS) is 1. The predicted molar refractivity (Wildman–Crippen MR) is 60.3 cm³/mol. The molecule has 0 saturated heterocycles. The topological polar surface area (TPSA) is 73.3 Å². The SMILES string of the molecule is O=C(O)C[C@H](O)Cc1c[nH]c2ccccc12. The molecule has 84 valence electrons. The van der Waals surface area contributed by atoms with Crippen molar-refractivity contribution in [1.82, 2.24) is 4.98 Å². The van der Waals surface area contributed by atoms with Crippen molar-refractivity contribution in [3.63, 3.8) is 0 Å². The van der Waals surface area contributed by atoms with Crippen LogP contribution in [0.2, 0.25) is 0 Å². The largest absolute Gasteiger partial charge is 0.481 e. The molecule has 2 aromatic rings. The number of fused-ring (bicyclic) bond motifs is 1. The van der Waals surface area contributed by atoms with Gasteiger partial charge in [-0.25, -0.2) is 0 Å². The van der Waals surface area contributed by atoms with Crippen LogP contribution < -0.4 is 0 Å². The molecule has 1 aromatic heterocycles. The van der Waals surface area contributed by atoms with Crippen LogP contribution in [0, 0.1) is 0 Å². The van der Waals surface area contributed by atoms with E-state index in [2.05, 4.69) is 4.98 Å². The fourth-order valence-corrected chi connectivity index (χ4v) is 1.83. The lowest BCUT2D eigenvalue weighted by molar-refractivity contribution is -0.139. The molecule has 1 atom stereocenters. The zero-order chi connectivity index (χ0) is 11.5. The fourth-order valence-electron chi connectivity index (χ4n) is 1.83. The van der Waals surface area contributed by atoms with Crippen molar-refractivity contribution in [1.29, 1.82) is 0 Å². The van der Waals surface area contributed by atoms with Crippen molar-refractivity contribution >= 4 is 16.9 Å². The lowest BCUT2D eigenvalue weighted by Crippen LogP contribution is -2.15. The van der Waals surface area contributed by atoms with Crippen molar-refractivity contribution in [3.05, 3.63) is 36.0 Å². The Morgan fingerprint density at radius 3 is 2.88 bits per heavy atom. The second kappa shape index (κ2) is 4.37. The number of rotatable bonds is 4. The Balaban J connectivity index is 2.18. The van der Waals surface area contributed by atoms with Gasteiger partial charge in [0.15, 0.2) is 0 Å². The first-order valence-electron chi connectivity index (χ1n) is 5.11. The maximum Gasteiger partial charge on any atom is 0.305 e. The number of benzene rings is 1. The van der Waals surface area contributed by atoms with Gasteiger partial charge in [0.05, 0.1) is 12.5 Å². The molecule has 3 N–H and O–H groups in total. The quantitative estimate of drug-likeness (QED) is 0.730. The molecule has 0 unspecified atom stereocenters. The maximum absolute atomic E-state index is 10.4. The summed E-state index contributed by atoms with van der Waals surface area (Å²) in [6, 6.07) is 7.75. The van der Waals surface area contributed by atoms with Gasteiger partial charge >= 0.3 is 5.97 Å². The Hall–Kier alpha value is -1.81. The van der Waals surface area contributed by atoms with E-state index in [1.807, 2.05) is 30.5 Å². The molecule has 1 aromatic carbocycles. The third-order valence-corrected chi connectivity index (χ3v) is 2.54. The number of carbonyl (C=O) groups is 1. The molecule has 4 heteroatoms. The van der Waals surface area contributed by atoms with Crippen LogP contribution in [0.5, 0.6) is 0 Å². The number of aliphatic hydroxyl groups is 1. The van der Waals surface area contributed by atoms with E-state index in [1.54, 1.807) is 0 Å². The van der Waals surface area contributed by atoms with Gasteiger partial charge < -0.3 is 15.2 Å². The zero-order valence-corrected chi connectivity index (χ0v) is 8.68. The lowest BCUT2D eigenvalue weighted by Gasteiger charge is -2.06. The smallest absolute Gasteiger partial charge is 0.305 e. The van der Waals surface area contributed by atoms with E-state index in [0.717, 1.165) is 16.5 Å². The van der Waals surface area contributed by atoms with Gasteiger partial charge in [-0.2, -0.15) is 0 Å². The first-order valence-corrected chi connectivity index (χ1v) is 5.11. The Morgan fingerprint density at radius 1 is 1.38 bits per heavy atom. The molecule has 0 spiro atoms. The Labute approximate surface area is 92.5 Å². The lowest BCUT2D eigenvalue weighted by atomic mass is 10.1. The highest BCUT2D eigenvalue weighted by Crippen LogP contribution is 2.19. The van der Waals surface area contributed by atoms with Gasteiger partial charge in [-0.3, -0.25) is 4.79 Å². The van der Waals surface area contributed by atoms with E-state index < -0.39 is 12.1 Å². The summed E-state index contributed by atoms with van der Waals surface area (Å²) in [5.41, 5.74) is 1.95. The summed E-state index contributed by atoms with van der Waals surface area (Å²) in [7, 11) is 0. The number of para-hydroxylation sites is 1. The van der Waals surface area contributed by atoms with Gasteiger partial charge in [-0.1, -0.05) is 18.2 Å². The number of hydrogen-bond donors (Lipinski definition) is 3. The molecule has 0 fully saturated rings. The molecule has 2 rings (SSSR count). The normalized spacial score (nSPS) is 12.8. The summed E-state index contributed by atoms with van der Waals surface area (Å²) >= 11 is 0. The Morgan fingerprint density at radius 2 is 2.12 bits per heavy atom. The van der Waals surface area contributed by atoms with Crippen molar-refractivity contribution in [2.24, 2.45) is 0 Å². The van der Waals surface area contributed by atoms with E-state index in [9.17, 15) is 9.90 Å². The minimum Gasteiger partial charge on any atom is -0.481 e. The molecular weight excluding hydrogens is 206 g/mol. The van der Waals surface area contributed by atoms with Crippen LogP contribution in [0.25, 0.3) is 10.9 Å². The molecule has 0 aliphatic rings. The second-order valence-electron chi connectivity index (χ2n) is 3.82. The molecule has 0 amide bonds. The monoisotopic (exact) mass is 219 g/mol. The highest BCUT2D eigenvalue weighted by Gasteiger charge is 2.12. The van der Waals surface area contributed by atoms with Crippen LogP contribution in [-0.4, -0.2) is 27.3 Å². The van der Waals surface area contributed by atoms with Crippen molar-refractivity contribution < 1.29 is 15.0 Å². The van der Waals surface area contributed by atoms with Crippen LogP contribution in [0.15, 0.2) is 30.5 Å². The molecular formula is C12H13NO3. The highest BCUT2D eigenvalue weighted by molar-refractivity contribution is 5.83. The summed E-state index contributed by atoms with van der Waals surface area (Å²) in [6.07, 6.45) is 1.11. The van der Waals surface area contributed by atoms with Crippen molar-refractivity contribution in [2.45, 2.75) is 18.9 Å². The zero-order valence-electron chi connectivity index (χ0n) is 8.68. The minimum atomic E-state index is -0.979. The summed E-state index contributed by atoms with van der Waals surface area (Å²) < 4.78 is 0. The molecule has 16 heavy (non-hydrogen) atoms. The fraction of sp³-hybridized carbons (Fsp3) is 0.250. The van der Waals surface area contributed by atoms with Crippen LogP contribution >= 0.6 is 0 Å². The van der Waals surface area contributed by atoms with Crippen molar-refractivity contribution in [2.75, 3.05) is 0 Å². The van der Waals surface area contributed by atoms with Gasteiger partial charge in [0.25, 0.3) is 0 Å². The third kappa shape index (κ3) is 2.23. The standard InChI is InChI=1S/C12H13NO3/c14-9(6-12(15)16)5-8-7-13-11-4-2-1-3-10(8)11/h1-4,7,9,13-14H,5-6H2,(H,15,16)/t9-/m1/s1. The molecule has 0 aliphatic heterocycles. The van der Waals surface area contributed by atoms with Crippen LogP contribution in [0.1, 0.15) is 12.0 Å². The van der Waals surface area contributed by atoms with E-state index >= 15 is 0 Å². The summed E-state index contributed by atoms with van der Waals surface area (Å²) in [6.45, 7) is 0. The number of H-pyrrole nitrogens is 1. The van der Waals surface area contributed by atoms with E-state index in [-0.39, 0.29) is 6.42 Å². The van der Waals surface area contributed by atoms with Gasteiger partial charge in [0, 0.05) is 23.5 Å². The molecule has 0 radical (unpaired) electrons. The molecule has 1 heterocycles. The number of nitrogens with one attached hydrogen (secondary N) is 1. The minimum absolute atomic E-state index is 0.223. The van der Waals surface area contributed by atoms with E-state index in [0.29, 0.717) is 6.42 Å². The average Bonchev–Trinajstić information content (AvgIpc) is 2.61. The Kier molecular flexibility index (Phi) is 2.92. The predicted octanol–water partition coefficient (Wildman–Crippen LogP) is 1.55. The first-order chi connectivity index (χ1) is 7.66. The average molecular weight is 219 g/mol. The molecule has 0 bridgehead atoms. The van der Waals surface area contributed by atoms with Crippen LogP contribution in [0.3, 0.4) is 0 Å². The maximum atomic E-state index is 10.4. The van der Waals surface area contributed by atoms with Gasteiger partial charge in [0.1, 0.15) is 0 Å². The number of aromatic amines is 1. The van der Waals surface area contributed by atoms with Crippen LogP contribution in [0.4, 0.5) is 0 Å². The van der Waals surface area contributed by atoms with E-state index in [4.69, 9.17) is 5.11 Å². The summed E-state index contributed by atoms with van der Waals surface area (Å²) in [5, 5.41) is 19.1. The molecule has 0 aliphatic carbocycles. The second-order valence-corrected chi connectivity index (χ2v) is 3.82. The van der Waals surface area contributed by atoms with Gasteiger partial charge in [-0.15, -0.1) is 0 Å². The summed E-state index contributed by atoms with van der Waals surface area (Å²) in [5.74, 6) is -0.979. The van der Waals surface area contributed by atoms with Gasteiger partial charge in [0.2, 0.25) is 0 Å². The molecule has 0 saturated carbocycles. The van der Waals surface area contributed by atoms with Crippen molar-refractivity contribution in [3.8, 4) is 0 Å². The number of aromatic nitrogens is 1. The third-order valence-electron chi connectivity index (χ3n) is 2.54. The first kappa shape index (κ1) is 10.7. The van der Waals surface area contributed by atoms with Crippen LogP contribution in [-0.2, 0) is 11.2 Å². The van der Waals surface area contributed by atoms with E-state index in [1.165, 1.54) is 0 Å². The van der Waals surface area contributed by atoms with Gasteiger partial charge in [-0.05, 0) is 11.6 Å². The number of aliphatic carboxylic acids is 1. The molecule has 4 nitrogen and oxygen atoms in total. The number of carboxylic acids is 1. The summed E-state index contributed by atoms with van der Waals surface area (Å²) in [4.78, 5) is 13.5. The number of aliphatic hydroxyl groups excluding tert-OH is 1. The Bertz CT molecular complexity index is 504.